The second kappa shape index (κ2) is 8.10. The van der Waals surface area contributed by atoms with E-state index in [0.29, 0.717) is 17.1 Å². The first-order valence-corrected chi connectivity index (χ1v) is 8.93. The van der Waals surface area contributed by atoms with E-state index in [4.69, 9.17) is 12.2 Å². The zero-order valence-corrected chi connectivity index (χ0v) is 16.1. The van der Waals surface area contributed by atoms with Gasteiger partial charge in [0.25, 0.3) is 5.91 Å². The van der Waals surface area contributed by atoms with Gasteiger partial charge >= 0.3 is 0 Å². The van der Waals surface area contributed by atoms with Gasteiger partial charge in [-0.3, -0.25) is 24.3 Å². The van der Waals surface area contributed by atoms with Crippen LogP contribution in [0.3, 0.4) is 0 Å². The number of thiocarbonyl (C=S) groups is 1. The Bertz CT molecular complexity index is 968. The van der Waals surface area contributed by atoms with Crippen LogP contribution in [0.2, 0.25) is 0 Å². The summed E-state index contributed by atoms with van der Waals surface area (Å²) in [6, 6.07) is 14.0. The summed E-state index contributed by atoms with van der Waals surface area (Å²) in [7, 11) is 0. The summed E-state index contributed by atoms with van der Waals surface area (Å²) in [6.07, 6.45) is 1.30. The number of hydrogen-bond donors (Lipinski definition) is 2. The van der Waals surface area contributed by atoms with Crippen LogP contribution in [-0.2, 0) is 14.4 Å². The van der Waals surface area contributed by atoms with E-state index in [-0.39, 0.29) is 11.0 Å². The number of nitrogens with zero attached hydrogens (tertiary/aromatic N) is 2. The van der Waals surface area contributed by atoms with Gasteiger partial charge in [0, 0.05) is 18.8 Å². The van der Waals surface area contributed by atoms with Crippen LogP contribution in [0.15, 0.2) is 53.5 Å². The van der Waals surface area contributed by atoms with Crippen molar-refractivity contribution in [1.29, 1.82) is 0 Å². The number of aliphatic imine (C=N–C) groups is 1. The number of hydrogen-bond acceptors (Lipinski definition) is 5. The van der Waals surface area contributed by atoms with Crippen molar-refractivity contribution < 1.29 is 14.4 Å². The van der Waals surface area contributed by atoms with Gasteiger partial charge < -0.3 is 10.6 Å². The summed E-state index contributed by atoms with van der Waals surface area (Å²) >= 11 is 5.17. The minimum atomic E-state index is -1.09. The molecule has 1 aliphatic heterocycles. The Hall–Kier alpha value is -3.39. The average Bonchev–Trinajstić information content (AvgIpc) is 2.63. The third kappa shape index (κ3) is 4.29. The Kier molecular flexibility index (Phi) is 5.60. The normalized spacial score (nSPS) is 17.0. The van der Waals surface area contributed by atoms with Crippen LogP contribution < -0.4 is 15.5 Å². The van der Waals surface area contributed by atoms with Gasteiger partial charge in [0.2, 0.25) is 11.8 Å². The van der Waals surface area contributed by atoms with Gasteiger partial charge in [-0.25, -0.2) is 0 Å². The molecule has 0 radical (unpaired) electrons. The fourth-order valence-corrected chi connectivity index (χ4v) is 2.95. The Morgan fingerprint density at radius 1 is 1.14 bits per heavy atom. The maximum Gasteiger partial charge on any atom is 0.251 e. The van der Waals surface area contributed by atoms with Crippen molar-refractivity contribution in [2.24, 2.45) is 10.9 Å². The third-order valence-electron chi connectivity index (χ3n) is 4.05. The fraction of sp³-hybridized carbons (Fsp3) is 0.150. The van der Waals surface area contributed by atoms with Gasteiger partial charge in [0.15, 0.2) is 11.0 Å². The van der Waals surface area contributed by atoms with E-state index in [1.807, 2.05) is 19.1 Å². The molecule has 1 heterocycles. The van der Waals surface area contributed by atoms with E-state index in [1.54, 1.807) is 36.4 Å². The number of anilines is 2. The Labute approximate surface area is 167 Å². The second-order valence-corrected chi connectivity index (χ2v) is 6.67. The number of carbonyl (C=O) groups is 3. The van der Waals surface area contributed by atoms with Crippen molar-refractivity contribution in [3.8, 4) is 0 Å². The highest BCUT2D eigenvalue weighted by molar-refractivity contribution is 7.80. The summed E-state index contributed by atoms with van der Waals surface area (Å²) in [5.74, 6) is -2.25. The quantitative estimate of drug-likeness (QED) is 0.474. The first kappa shape index (κ1) is 19.4. The number of nitrogens with one attached hydrogen (secondary N) is 2. The highest BCUT2D eigenvalue weighted by atomic mass is 32.1. The largest absolute Gasteiger partial charge is 0.326 e. The van der Waals surface area contributed by atoms with Gasteiger partial charge in [-0.1, -0.05) is 17.7 Å². The van der Waals surface area contributed by atoms with Crippen LogP contribution in [0.1, 0.15) is 12.5 Å². The molecule has 1 atom stereocenters. The summed E-state index contributed by atoms with van der Waals surface area (Å²) in [4.78, 5) is 41.7. The molecule has 8 heteroatoms. The van der Waals surface area contributed by atoms with Crippen molar-refractivity contribution in [3.05, 3.63) is 54.1 Å². The molecule has 2 aromatic rings. The predicted octanol–water partition coefficient (Wildman–Crippen LogP) is 2.72. The van der Waals surface area contributed by atoms with Crippen LogP contribution >= 0.6 is 12.2 Å². The Morgan fingerprint density at radius 2 is 1.79 bits per heavy atom. The lowest BCUT2D eigenvalue weighted by Gasteiger charge is -2.30. The third-order valence-corrected chi connectivity index (χ3v) is 4.34. The topological polar surface area (TPSA) is 90.9 Å². The molecule has 0 aromatic heterocycles. The van der Waals surface area contributed by atoms with Crippen LogP contribution in [0.5, 0.6) is 0 Å². The average molecular weight is 394 g/mol. The van der Waals surface area contributed by atoms with Gasteiger partial charge in [0.05, 0.1) is 11.4 Å². The number of carbonyl (C=O) groups excluding carboxylic acids is 3. The highest BCUT2D eigenvalue weighted by Crippen LogP contribution is 2.22. The van der Waals surface area contributed by atoms with Crippen molar-refractivity contribution in [1.82, 2.24) is 5.32 Å². The molecule has 0 unspecified atom stereocenters. The molecular formula is C20H18N4O3S. The van der Waals surface area contributed by atoms with E-state index >= 15 is 0 Å². The van der Waals surface area contributed by atoms with E-state index in [1.165, 1.54) is 18.0 Å². The van der Waals surface area contributed by atoms with Gasteiger partial charge in [-0.2, -0.15) is 0 Å². The SMILES string of the molecule is CC(=O)Nc1ccc(N=C[C@@H]2C(=O)NC(=S)N(c3ccc(C)cc3)C2=O)cc1. The van der Waals surface area contributed by atoms with Crippen LogP contribution in [-0.4, -0.2) is 29.0 Å². The summed E-state index contributed by atoms with van der Waals surface area (Å²) < 4.78 is 0. The number of aryl methyl sites for hydroxylation is 1. The van der Waals surface area contributed by atoms with Gasteiger partial charge in [-0.15, -0.1) is 0 Å². The van der Waals surface area contributed by atoms with Crippen LogP contribution in [0.25, 0.3) is 0 Å². The number of benzene rings is 2. The van der Waals surface area contributed by atoms with E-state index in [9.17, 15) is 14.4 Å². The molecule has 3 amide bonds. The first-order chi connectivity index (χ1) is 13.3. The van der Waals surface area contributed by atoms with Crippen LogP contribution in [0, 0.1) is 12.8 Å². The zero-order valence-electron chi connectivity index (χ0n) is 15.3. The first-order valence-electron chi connectivity index (χ1n) is 8.52. The molecule has 1 saturated heterocycles. The van der Waals surface area contributed by atoms with Gasteiger partial charge in [0.1, 0.15) is 0 Å². The molecule has 0 saturated carbocycles. The monoisotopic (exact) mass is 394 g/mol. The summed E-state index contributed by atoms with van der Waals surface area (Å²) in [5.41, 5.74) is 2.81. The maximum atomic E-state index is 12.9. The minimum absolute atomic E-state index is 0.0446. The molecule has 2 N–H and O–H groups in total. The zero-order chi connectivity index (χ0) is 20.3. The van der Waals surface area contributed by atoms with Gasteiger partial charge in [-0.05, 0) is 55.5 Å². The molecule has 0 spiro atoms. The fourth-order valence-electron chi connectivity index (χ4n) is 2.65. The maximum absolute atomic E-state index is 12.9. The minimum Gasteiger partial charge on any atom is -0.326 e. The lowest BCUT2D eigenvalue weighted by molar-refractivity contribution is -0.130. The second-order valence-electron chi connectivity index (χ2n) is 6.29. The number of amides is 3. The Morgan fingerprint density at radius 3 is 2.39 bits per heavy atom. The molecule has 28 heavy (non-hydrogen) atoms. The van der Waals surface area contributed by atoms with E-state index in [0.717, 1.165) is 5.56 Å². The molecule has 142 valence electrons. The summed E-state index contributed by atoms with van der Waals surface area (Å²) in [6.45, 7) is 3.36. The van der Waals surface area contributed by atoms with Crippen molar-refractivity contribution >= 4 is 58.3 Å². The predicted molar refractivity (Wildman–Crippen MR) is 112 cm³/mol. The van der Waals surface area contributed by atoms with Crippen molar-refractivity contribution in [2.75, 3.05) is 10.2 Å². The highest BCUT2D eigenvalue weighted by Gasteiger charge is 2.38. The standard InChI is InChI=1S/C20H18N4O3S/c1-12-3-9-16(10-4-12)24-19(27)17(18(26)23-20(24)28)11-21-14-5-7-15(8-6-14)22-13(2)25/h3-11,17H,1-2H3,(H,22,25)(H,23,26,28)/t17-/m1/s1. The molecule has 0 bridgehead atoms. The molecule has 1 aliphatic rings. The molecule has 1 fully saturated rings. The van der Waals surface area contributed by atoms with E-state index < -0.39 is 17.7 Å². The molecule has 2 aromatic carbocycles. The van der Waals surface area contributed by atoms with E-state index in [2.05, 4.69) is 15.6 Å². The molecule has 3 rings (SSSR count). The lowest BCUT2D eigenvalue weighted by Crippen LogP contribution is -2.58. The Balaban J connectivity index is 1.80. The smallest absolute Gasteiger partial charge is 0.251 e. The molecule has 0 aliphatic carbocycles. The van der Waals surface area contributed by atoms with Crippen molar-refractivity contribution in [3.63, 3.8) is 0 Å². The molecule has 7 nitrogen and oxygen atoms in total. The summed E-state index contributed by atoms with van der Waals surface area (Å²) in [5, 5.41) is 5.25. The lowest BCUT2D eigenvalue weighted by atomic mass is 10.1. The van der Waals surface area contributed by atoms with Crippen molar-refractivity contribution in [2.45, 2.75) is 13.8 Å². The number of rotatable bonds is 4. The van der Waals surface area contributed by atoms with Crippen LogP contribution in [0.4, 0.5) is 17.1 Å². The molecular weight excluding hydrogens is 376 g/mol.